The number of aryl methyl sites for hydroxylation is 1. The molecule has 6 N–H and O–H groups in total. The molecule has 0 saturated heterocycles. The number of amides is 3. The number of rotatable bonds is 7. The second-order valence-corrected chi connectivity index (χ2v) is 10.1. The zero-order chi connectivity index (χ0) is 26.1. The van der Waals surface area contributed by atoms with Crippen LogP contribution in [0, 0.1) is 6.92 Å². The van der Waals surface area contributed by atoms with Crippen molar-refractivity contribution in [2.75, 3.05) is 10.6 Å². The van der Waals surface area contributed by atoms with Gasteiger partial charge in [0, 0.05) is 34.4 Å². The predicted molar refractivity (Wildman–Crippen MR) is 144 cm³/mol. The molecule has 0 unspecified atom stereocenters. The molecule has 0 spiro atoms. The number of para-hydroxylation sites is 1. The Morgan fingerprint density at radius 3 is 2.49 bits per heavy atom. The van der Waals surface area contributed by atoms with Crippen molar-refractivity contribution in [2.45, 2.75) is 44.7 Å². The molecule has 190 valence electrons. The molecular weight excluding hydrogens is 488 g/mol. The summed E-state index contributed by atoms with van der Waals surface area (Å²) in [4.78, 5) is 44.7. The zero-order valence-electron chi connectivity index (χ0n) is 20.4. The van der Waals surface area contributed by atoms with Gasteiger partial charge in [0.2, 0.25) is 5.91 Å². The van der Waals surface area contributed by atoms with E-state index in [0.29, 0.717) is 11.3 Å². The van der Waals surface area contributed by atoms with Crippen LogP contribution in [0.3, 0.4) is 0 Å². The summed E-state index contributed by atoms with van der Waals surface area (Å²) in [5, 5.41) is 4.00. The number of carbonyl (C=O) groups excluding carboxylic acids is 3. The Kier molecular flexibility index (Phi) is 6.66. The van der Waals surface area contributed by atoms with E-state index >= 15 is 0 Å². The summed E-state index contributed by atoms with van der Waals surface area (Å²) in [5.74, 6) is -1.64. The van der Waals surface area contributed by atoms with Gasteiger partial charge >= 0.3 is 0 Å². The number of H-pyrrole nitrogens is 1. The van der Waals surface area contributed by atoms with E-state index in [4.69, 9.17) is 11.5 Å². The number of nitrogens with one attached hydrogen (secondary N) is 2. The molecule has 2 heterocycles. The molecule has 10 heteroatoms. The number of nitrogens with zero attached hydrogens (tertiary/aromatic N) is 2. The van der Waals surface area contributed by atoms with Crippen molar-refractivity contribution in [1.29, 1.82) is 0 Å². The monoisotopic (exact) mass is 516 g/mol. The standard InChI is InChI=1S/C27H28N6O3S/c1-15-10-12-17(13-11-15)33(27(36)24-21(28)22(25(29)34)32-37-24)23(26(35)31-16-6-2-3-7-16)19-14-30-20-9-5-4-8-18(19)20/h4-5,8-14,16,23,30H,2-3,6-7,28H2,1H3,(H2,29,34)(H,31,35)/t23-/m1/s1. The normalized spacial score (nSPS) is 14.5. The largest absolute Gasteiger partial charge is 0.395 e. The van der Waals surface area contributed by atoms with Gasteiger partial charge in [-0.15, -0.1) is 0 Å². The van der Waals surface area contributed by atoms with E-state index in [1.165, 1.54) is 4.90 Å². The highest BCUT2D eigenvalue weighted by Crippen LogP contribution is 2.36. The Morgan fingerprint density at radius 1 is 1.11 bits per heavy atom. The van der Waals surface area contributed by atoms with Gasteiger partial charge in [0.1, 0.15) is 10.9 Å². The van der Waals surface area contributed by atoms with Gasteiger partial charge in [0.05, 0.1) is 5.69 Å². The van der Waals surface area contributed by atoms with E-state index < -0.39 is 17.9 Å². The molecule has 2 aromatic carbocycles. The lowest BCUT2D eigenvalue weighted by atomic mass is 10.0. The number of nitrogens with two attached hydrogens (primary N) is 2. The molecule has 5 rings (SSSR count). The molecule has 3 amide bonds. The lowest BCUT2D eigenvalue weighted by Crippen LogP contribution is -2.46. The first-order valence-electron chi connectivity index (χ1n) is 12.2. The Balaban J connectivity index is 1.68. The van der Waals surface area contributed by atoms with Crippen LogP contribution in [0.25, 0.3) is 10.9 Å². The first kappa shape index (κ1) is 24.5. The first-order chi connectivity index (χ1) is 17.8. The minimum absolute atomic E-state index is 0.0464. The maximum absolute atomic E-state index is 14.2. The van der Waals surface area contributed by atoms with Crippen LogP contribution >= 0.6 is 11.5 Å². The van der Waals surface area contributed by atoms with Crippen molar-refractivity contribution in [3.8, 4) is 0 Å². The first-order valence-corrected chi connectivity index (χ1v) is 12.9. The quantitative estimate of drug-likeness (QED) is 0.292. The summed E-state index contributed by atoms with van der Waals surface area (Å²) in [6, 6.07) is 14.0. The third-order valence-corrected chi connectivity index (χ3v) is 7.66. The highest BCUT2D eigenvalue weighted by molar-refractivity contribution is 7.09. The van der Waals surface area contributed by atoms with Gasteiger partial charge in [-0.1, -0.05) is 48.7 Å². The van der Waals surface area contributed by atoms with Crippen molar-refractivity contribution >= 4 is 51.5 Å². The highest BCUT2D eigenvalue weighted by atomic mass is 32.1. The SMILES string of the molecule is Cc1ccc(N(C(=O)c2snc(C(N)=O)c2N)[C@@H](C(=O)NC2CCCC2)c2c[nH]c3ccccc23)cc1. The number of primary amides is 1. The molecule has 1 fully saturated rings. The topological polar surface area (TPSA) is 147 Å². The Hall–Kier alpha value is -4.18. The van der Waals surface area contributed by atoms with Gasteiger partial charge in [-0.05, 0) is 49.5 Å². The fourth-order valence-corrected chi connectivity index (χ4v) is 5.64. The van der Waals surface area contributed by atoms with Crippen LogP contribution in [0.5, 0.6) is 0 Å². The van der Waals surface area contributed by atoms with Crippen LogP contribution in [0.15, 0.2) is 54.7 Å². The number of anilines is 2. The van der Waals surface area contributed by atoms with E-state index in [1.54, 1.807) is 18.3 Å². The number of hydrogen-bond donors (Lipinski definition) is 4. The molecule has 1 atom stereocenters. The number of aromatic nitrogens is 2. The molecule has 1 aliphatic rings. The lowest BCUT2D eigenvalue weighted by molar-refractivity contribution is -0.123. The maximum Gasteiger partial charge on any atom is 0.273 e. The van der Waals surface area contributed by atoms with Gasteiger partial charge < -0.3 is 21.8 Å². The van der Waals surface area contributed by atoms with Crippen molar-refractivity contribution in [2.24, 2.45) is 5.73 Å². The molecule has 0 bridgehead atoms. The summed E-state index contributed by atoms with van der Waals surface area (Å²) in [6.45, 7) is 1.94. The number of benzene rings is 2. The van der Waals surface area contributed by atoms with E-state index in [-0.39, 0.29) is 28.2 Å². The van der Waals surface area contributed by atoms with Crippen LogP contribution in [0.1, 0.15) is 63.0 Å². The summed E-state index contributed by atoms with van der Waals surface area (Å²) in [5.41, 5.74) is 14.3. The fourth-order valence-electron chi connectivity index (χ4n) is 4.90. The average molecular weight is 517 g/mol. The van der Waals surface area contributed by atoms with Gasteiger partial charge in [0.15, 0.2) is 5.69 Å². The Bertz CT molecular complexity index is 1470. The van der Waals surface area contributed by atoms with Crippen LogP contribution < -0.4 is 21.7 Å². The van der Waals surface area contributed by atoms with Crippen molar-refractivity contribution in [3.63, 3.8) is 0 Å². The van der Waals surface area contributed by atoms with Crippen LogP contribution in [0.4, 0.5) is 11.4 Å². The summed E-state index contributed by atoms with van der Waals surface area (Å²) >= 11 is 0.795. The van der Waals surface area contributed by atoms with Gasteiger partial charge in [-0.2, -0.15) is 4.37 Å². The second-order valence-electron chi connectivity index (χ2n) is 9.33. The van der Waals surface area contributed by atoms with Crippen molar-refractivity contribution in [1.82, 2.24) is 14.7 Å². The van der Waals surface area contributed by atoms with Crippen LogP contribution in [0.2, 0.25) is 0 Å². The van der Waals surface area contributed by atoms with Gasteiger partial charge in [-0.25, -0.2) is 0 Å². The van der Waals surface area contributed by atoms with Crippen molar-refractivity contribution in [3.05, 3.63) is 76.4 Å². The summed E-state index contributed by atoms with van der Waals surface area (Å²) < 4.78 is 4.01. The van der Waals surface area contributed by atoms with E-state index in [9.17, 15) is 14.4 Å². The molecule has 37 heavy (non-hydrogen) atoms. The maximum atomic E-state index is 14.2. The smallest absolute Gasteiger partial charge is 0.273 e. The van der Waals surface area contributed by atoms with Crippen molar-refractivity contribution < 1.29 is 14.4 Å². The lowest BCUT2D eigenvalue weighted by Gasteiger charge is -2.32. The van der Waals surface area contributed by atoms with E-state index in [1.807, 2.05) is 43.3 Å². The summed E-state index contributed by atoms with van der Waals surface area (Å²) in [6.07, 6.45) is 5.67. The van der Waals surface area contributed by atoms with Gasteiger partial charge in [-0.3, -0.25) is 19.3 Å². The Labute approximate surface area is 218 Å². The molecule has 9 nitrogen and oxygen atoms in total. The minimum atomic E-state index is -1.01. The Morgan fingerprint density at radius 2 is 1.81 bits per heavy atom. The number of carbonyl (C=O) groups is 3. The molecular formula is C27H28N6O3S. The molecule has 4 aromatic rings. The summed E-state index contributed by atoms with van der Waals surface area (Å²) in [7, 11) is 0. The molecule has 0 aliphatic heterocycles. The van der Waals surface area contributed by atoms with E-state index in [2.05, 4.69) is 14.7 Å². The fraction of sp³-hybridized carbons (Fsp3) is 0.259. The van der Waals surface area contributed by atoms with E-state index in [0.717, 1.165) is 53.7 Å². The highest BCUT2D eigenvalue weighted by Gasteiger charge is 2.38. The van der Waals surface area contributed by atoms with Crippen LogP contribution in [-0.2, 0) is 4.79 Å². The molecule has 2 aromatic heterocycles. The number of hydrogen-bond acceptors (Lipinski definition) is 6. The zero-order valence-corrected chi connectivity index (χ0v) is 21.2. The molecule has 1 aliphatic carbocycles. The number of fused-ring (bicyclic) bond motifs is 1. The second kappa shape index (κ2) is 10.1. The third-order valence-electron chi connectivity index (χ3n) is 6.81. The number of nitrogen functional groups attached to an aromatic ring is 1. The average Bonchev–Trinajstić information content (AvgIpc) is 3.63. The number of aromatic amines is 1. The van der Waals surface area contributed by atoms with Crippen LogP contribution in [-0.4, -0.2) is 33.1 Å². The molecule has 1 saturated carbocycles. The third kappa shape index (κ3) is 4.67. The molecule has 0 radical (unpaired) electrons. The predicted octanol–water partition coefficient (Wildman–Crippen LogP) is 4.06. The minimum Gasteiger partial charge on any atom is -0.395 e. The van der Waals surface area contributed by atoms with Gasteiger partial charge in [0.25, 0.3) is 11.8 Å².